The van der Waals surface area contributed by atoms with E-state index >= 15 is 0 Å². The van der Waals surface area contributed by atoms with Gasteiger partial charge in [0.05, 0.1) is 11.0 Å². The number of thioether (sulfide) groups is 1. The number of benzene rings is 1. The average Bonchev–Trinajstić information content (AvgIpc) is 3.28. The minimum atomic E-state index is -0.420. The van der Waals surface area contributed by atoms with Crippen molar-refractivity contribution in [1.82, 2.24) is 9.80 Å². The lowest BCUT2D eigenvalue weighted by Crippen LogP contribution is -2.40. The zero-order valence-electron chi connectivity index (χ0n) is 15.6. The van der Waals surface area contributed by atoms with E-state index in [4.69, 9.17) is 4.74 Å². The number of nitrogens with zero attached hydrogens (tertiary/aromatic N) is 2. The molecule has 144 valence electrons. The molecule has 0 N–H and O–H groups in total. The van der Waals surface area contributed by atoms with Crippen molar-refractivity contribution < 1.29 is 19.1 Å². The van der Waals surface area contributed by atoms with Gasteiger partial charge in [0.15, 0.2) is 0 Å². The van der Waals surface area contributed by atoms with Gasteiger partial charge in [0.2, 0.25) is 5.91 Å². The molecule has 1 atom stereocenters. The number of carbonyl (C=O) groups excluding carboxylic acids is 3. The predicted molar refractivity (Wildman–Crippen MR) is 105 cm³/mol. The average molecular weight is 388 g/mol. The summed E-state index contributed by atoms with van der Waals surface area (Å²) in [6.45, 7) is 5.23. The molecule has 2 aliphatic heterocycles. The van der Waals surface area contributed by atoms with E-state index in [0.717, 1.165) is 41.5 Å². The van der Waals surface area contributed by atoms with Crippen LogP contribution in [0.3, 0.4) is 0 Å². The molecule has 0 radical (unpaired) electrons. The molecule has 2 aliphatic rings. The molecule has 1 unspecified atom stereocenters. The van der Waals surface area contributed by atoms with Gasteiger partial charge in [0.1, 0.15) is 12.3 Å². The zero-order chi connectivity index (χ0) is 19.4. The predicted octanol–water partition coefficient (Wildman–Crippen LogP) is 3.52. The highest BCUT2D eigenvalue weighted by Gasteiger charge is 2.37. The SMILES string of the molecule is CCC(C)Oc1ccccc1/C=C1\SC(=O)N(CC(=O)N2CCCC2)C1=O. The molecule has 2 saturated heterocycles. The molecule has 7 heteroatoms. The van der Waals surface area contributed by atoms with Gasteiger partial charge in [0.25, 0.3) is 11.1 Å². The summed E-state index contributed by atoms with van der Waals surface area (Å²) in [5, 5.41) is -0.404. The van der Waals surface area contributed by atoms with Crippen molar-refractivity contribution in [2.75, 3.05) is 19.6 Å². The number of carbonyl (C=O) groups is 3. The molecule has 0 bridgehead atoms. The maximum atomic E-state index is 12.7. The number of ether oxygens (including phenoxy) is 1. The van der Waals surface area contributed by atoms with Gasteiger partial charge in [-0.15, -0.1) is 0 Å². The quantitative estimate of drug-likeness (QED) is 0.698. The molecule has 2 fully saturated rings. The van der Waals surface area contributed by atoms with E-state index in [1.807, 2.05) is 38.1 Å². The molecule has 6 nitrogen and oxygen atoms in total. The summed E-state index contributed by atoms with van der Waals surface area (Å²) >= 11 is 0.867. The van der Waals surface area contributed by atoms with Crippen LogP contribution in [0.25, 0.3) is 6.08 Å². The topological polar surface area (TPSA) is 66.9 Å². The van der Waals surface area contributed by atoms with Crippen LogP contribution in [0.2, 0.25) is 0 Å². The number of hydrogen-bond acceptors (Lipinski definition) is 5. The Bertz CT molecular complexity index is 771. The first-order valence-electron chi connectivity index (χ1n) is 9.28. The molecular weight excluding hydrogens is 364 g/mol. The minimum absolute atomic E-state index is 0.0488. The molecule has 0 saturated carbocycles. The fourth-order valence-corrected chi connectivity index (χ4v) is 3.82. The van der Waals surface area contributed by atoms with Crippen molar-refractivity contribution in [3.05, 3.63) is 34.7 Å². The standard InChI is InChI=1S/C20H24N2O4S/c1-3-14(2)26-16-9-5-4-8-15(16)12-17-19(24)22(20(25)27-17)13-18(23)21-10-6-7-11-21/h4-5,8-9,12,14H,3,6-7,10-11,13H2,1-2H3/b17-12-. The highest BCUT2D eigenvalue weighted by molar-refractivity contribution is 8.18. The highest BCUT2D eigenvalue weighted by Crippen LogP contribution is 2.34. The fraction of sp³-hybridized carbons (Fsp3) is 0.450. The Morgan fingerprint density at radius 3 is 2.67 bits per heavy atom. The second-order valence-corrected chi connectivity index (χ2v) is 7.72. The number of imide groups is 1. The number of para-hydroxylation sites is 1. The van der Waals surface area contributed by atoms with Crippen LogP contribution in [0.1, 0.15) is 38.7 Å². The summed E-state index contributed by atoms with van der Waals surface area (Å²) in [5.41, 5.74) is 0.745. The van der Waals surface area contributed by atoms with Crippen LogP contribution in [0.15, 0.2) is 29.2 Å². The molecule has 0 spiro atoms. The molecule has 1 aromatic rings. The smallest absolute Gasteiger partial charge is 0.294 e. The summed E-state index contributed by atoms with van der Waals surface area (Å²) in [7, 11) is 0. The summed E-state index contributed by atoms with van der Waals surface area (Å²) in [6, 6.07) is 7.42. The monoisotopic (exact) mass is 388 g/mol. The van der Waals surface area contributed by atoms with Crippen molar-refractivity contribution in [2.45, 2.75) is 39.2 Å². The molecule has 3 amide bonds. The Hall–Kier alpha value is -2.28. The first-order valence-corrected chi connectivity index (χ1v) is 10.1. The Morgan fingerprint density at radius 2 is 1.96 bits per heavy atom. The molecule has 1 aromatic carbocycles. The second kappa shape index (κ2) is 8.61. The van der Waals surface area contributed by atoms with E-state index in [1.165, 1.54) is 0 Å². The fourth-order valence-electron chi connectivity index (χ4n) is 2.99. The largest absolute Gasteiger partial charge is 0.490 e. The maximum Gasteiger partial charge on any atom is 0.294 e. The third-order valence-corrected chi connectivity index (χ3v) is 5.64. The molecule has 0 aliphatic carbocycles. The van der Waals surface area contributed by atoms with Crippen LogP contribution < -0.4 is 4.74 Å². The van der Waals surface area contributed by atoms with Gasteiger partial charge in [0, 0.05) is 18.7 Å². The third kappa shape index (κ3) is 4.53. The van der Waals surface area contributed by atoms with E-state index in [9.17, 15) is 14.4 Å². The van der Waals surface area contributed by atoms with E-state index in [1.54, 1.807) is 11.0 Å². The maximum absolute atomic E-state index is 12.7. The van der Waals surface area contributed by atoms with Crippen molar-refractivity contribution in [3.8, 4) is 5.75 Å². The van der Waals surface area contributed by atoms with Crippen molar-refractivity contribution in [2.24, 2.45) is 0 Å². The Balaban J connectivity index is 1.75. The Kier molecular flexibility index (Phi) is 6.21. The number of hydrogen-bond donors (Lipinski definition) is 0. The van der Waals surface area contributed by atoms with E-state index in [-0.39, 0.29) is 18.6 Å². The lowest BCUT2D eigenvalue weighted by Gasteiger charge is -2.18. The van der Waals surface area contributed by atoms with Gasteiger partial charge in [-0.25, -0.2) is 0 Å². The van der Waals surface area contributed by atoms with Gasteiger partial charge >= 0.3 is 0 Å². The van der Waals surface area contributed by atoms with Crippen LogP contribution >= 0.6 is 11.8 Å². The molecular formula is C20H24N2O4S. The summed E-state index contributed by atoms with van der Waals surface area (Å²) in [5.74, 6) is 0.0826. The van der Waals surface area contributed by atoms with E-state index < -0.39 is 11.1 Å². The lowest BCUT2D eigenvalue weighted by atomic mass is 10.1. The highest BCUT2D eigenvalue weighted by atomic mass is 32.2. The molecule has 2 heterocycles. The van der Waals surface area contributed by atoms with Crippen molar-refractivity contribution in [3.63, 3.8) is 0 Å². The van der Waals surface area contributed by atoms with Gasteiger partial charge in [-0.1, -0.05) is 25.1 Å². The molecule has 27 heavy (non-hydrogen) atoms. The van der Waals surface area contributed by atoms with Crippen LogP contribution in [-0.2, 0) is 9.59 Å². The number of amides is 3. The summed E-state index contributed by atoms with van der Waals surface area (Å²) in [6.07, 6.45) is 4.53. The molecule has 0 aromatic heterocycles. The first kappa shape index (κ1) is 19.5. The van der Waals surface area contributed by atoms with Gasteiger partial charge in [-0.3, -0.25) is 19.3 Å². The van der Waals surface area contributed by atoms with E-state index in [2.05, 4.69) is 0 Å². The van der Waals surface area contributed by atoms with Gasteiger partial charge < -0.3 is 9.64 Å². The number of rotatable bonds is 6. The lowest BCUT2D eigenvalue weighted by molar-refractivity contribution is -0.135. The first-order chi connectivity index (χ1) is 13.0. The van der Waals surface area contributed by atoms with E-state index in [0.29, 0.717) is 23.7 Å². The normalized spacial score (nSPS) is 19.9. The molecule has 3 rings (SSSR count). The summed E-state index contributed by atoms with van der Waals surface area (Å²) in [4.78, 5) is 40.3. The van der Waals surface area contributed by atoms with Crippen LogP contribution in [-0.4, -0.2) is 52.6 Å². The van der Waals surface area contributed by atoms with Crippen LogP contribution in [0.4, 0.5) is 4.79 Å². The minimum Gasteiger partial charge on any atom is -0.490 e. The van der Waals surface area contributed by atoms with Crippen molar-refractivity contribution in [1.29, 1.82) is 0 Å². The Labute approximate surface area is 163 Å². The zero-order valence-corrected chi connectivity index (χ0v) is 16.5. The van der Waals surface area contributed by atoms with Gasteiger partial charge in [-0.2, -0.15) is 0 Å². The summed E-state index contributed by atoms with van der Waals surface area (Å²) < 4.78 is 5.90. The van der Waals surface area contributed by atoms with Crippen LogP contribution in [0, 0.1) is 0 Å². The van der Waals surface area contributed by atoms with Crippen molar-refractivity contribution >= 4 is 34.9 Å². The van der Waals surface area contributed by atoms with Gasteiger partial charge in [-0.05, 0) is 50.1 Å². The Morgan fingerprint density at radius 1 is 1.26 bits per heavy atom. The van der Waals surface area contributed by atoms with Crippen LogP contribution in [0.5, 0.6) is 5.75 Å². The third-order valence-electron chi connectivity index (χ3n) is 4.73. The number of likely N-dealkylation sites (tertiary alicyclic amines) is 1. The second-order valence-electron chi connectivity index (χ2n) is 6.73.